The van der Waals surface area contributed by atoms with Crippen LogP contribution in [0.3, 0.4) is 0 Å². The van der Waals surface area contributed by atoms with E-state index in [0.717, 1.165) is 16.8 Å². The van der Waals surface area contributed by atoms with Gasteiger partial charge >= 0.3 is 0 Å². The average Bonchev–Trinajstić information content (AvgIpc) is 2.50. The molecule has 0 aliphatic carbocycles. The van der Waals surface area contributed by atoms with Gasteiger partial charge in [-0.1, -0.05) is 41.4 Å². The number of hydrogen-bond acceptors (Lipinski definition) is 2. The molecule has 0 aliphatic heterocycles. The van der Waals surface area contributed by atoms with Gasteiger partial charge in [0.05, 0.1) is 6.42 Å². The monoisotopic (exact) mass is 333 g/mol. The van der Waals surface area contributed by atoms with Crippen molar-refractivity contribution in [2.75, 3.05) is 5.32 Å². The lowest BCUT2D eigenvalue weighted by molar-refractivity contribution is -0.120. The number of thiocarbonyl (C=S) groups is 1. The van der Waals surface area contributed by atoms with Crippen LogP contribution >= 0.6 is 23.8 Å². The van der Waals surface area contributed by atoms with Gasteiger partial charge in [-0.2, -0.15) is 0 Å². The Balaban J connectivity index is 1.76. The zero-order valence-corrected chi connectivity index (χ0v) is 13.6. The van der Waals surface area contributed by atoms with Crippen molar-refractivity contribution in [2.24, 2.45) is 0 Å². The van der Waals surface area contributed by atoms with E-state index in [1.54, 1.807) is 24.3 Å². The first-order valence-electron chi connectivity index (χ1n) is 6.70. The van der Waals surface area contributed by atoms with Crippen LogP contribution in [-0.4, -0.2) is 11.0 Å². The van der Waals surface area contributed by atoms with E-state index in [1.807, 2.05) is 31.2 Å². The van der Waals surface area contributed by atoms with Gasteiger partial charge in [0.25, 0.3) is 0 Å². The zero-order valence-electron chi connectivity index (χ0n) is 12.0. The van der Waals surface area contributed by atoms with E-state index < -0.39 is 0 Å². The standard InChI is InChI=1S/C16H16ClN3OS/c1-11-2-4-12(5-3-11)10-15(21)19-20-16(22)18-14-8-6-13(17)7-9-14/h2-9H,10H2,1H3,(H,19,21)(H2,18,20,22). The molecule has 0 heterocycles. The van der Waals surface area contributed by atoms with E-state index >= 15 is 0 Å². The molecular formula is C16H16ClN3OS. The Kier molecular flexibility index (Phi) is 5.75. The average molecular weight is 334 g/mol. The fourth-order valence-corrected chi connectivity index (χ4v) is 2.05. The smallest absolute Gasteiger partial charge is 0.242 e. The summed E-state index contributed by atoms with van der Waals surface area (Å²) in [6.07, 6.45) is 0.289. The molecule has 0 saturated heterocycles. The summed E-state index contributed by atoms with van der Waals surface area (Å²) in [5.74, 6) is -0.163. The van der Waals surface area contributed by atoms with E-state index in [0.29, 0.717) is 10.1 Å². The summed E-state index contributed by atoms with van der Waals surface area (Å²) >= 11 is 10.9. The van der Waals surface area contributed by atoms with Crippen LogP contribution < -0.4 is 16.2 Å². The number of benzene rings is 2. The molecule has 0 aliphatic rings. The molecule has 2 aromatic carbocycles. The Hall–Kier alpha value is -2.11. The van der Waals surface area contributed by atoms with Crippen molar-refractivity contribution in [3.05, 3.63) is 64.7 Å². The Morgan fingerprint density at radius 2 is 1.68 bits per heavy atom. The summed E-state index contributed by atoms with van der Waals surface area (Å²) in [7, 11) is 0. The van der Waals surface area contributed by atoms with Crippen LogP contribution in [0, 0.1) is 6.92 Å². The fraction of sp³-hybridized carbons (Fsp3) is 0.125. The van der Waals surface area contributed by atoms with Crippen molar-refractivity contribution in [1.82, 2.24) is 10.9 Å². The number of aryl methyl sites for hydroxylation is 1. The number of halogens is 1. The predicted molar refractivity (Wildman–Crippen MR) is 93.8 cm³/mol. The first-order valence-corrected chi connectivity index (χ1v) is 7.48. The van der Waals surface area contributed by atoms with Crippen molar-refractivity contribution < 1.29 is 4.79 Å². The lowest BCUT2D eigenvalue weighted by Gasteiger charge is -2.11. The minimum absolute atomic E-state index is 0.163. The highest BCUT2D eigenvalue weighted by Crippen LogP contribution is 2.13. The van der Waals surface area contributed by atoms with Gasteiger partial charge < -0.3 is 5.32 Å². The molecule has 6 heteroatoms. The largest absolute Gasteiger partial charge is 0.331 e. The third-order valence-corrected chi connectivity index (χ3v) is 3.36. The molecule has 2 rings (SSSR count). The Labute approximate surface area is 139 Å². The molecule has 0 aromatic heterocycles. The molecule has 4 nitrogen and oxygen atoms in total. The van der Waals surface area contributed by atoms with Gasteiger partial charge in [0, 0.05) is 10.7 Å². The number of hydrazine groups is 1. The molecule has 0 bridgehead atoms. The summed E-state index contributed by atoms with van der Waals surface area (Å²) in [6, 6.07) is 14.9. The molecular weight excluding hydrogens is 318 g/mol. The second-order valence-electron chi connectivity index (χ2n) is 4.80. The highest BCUT2D eigenvalue weighted by atomic mass is 35.5. The molecule has 0 atom stereocenters. The SMILES string of the molecule is Cc1ccc(CC(=O)NNC(=S)Nc2ccc(Cl)cc2)cc1. The maximum absolute atomic E-state index is 11.8. The third kappa shape index (κ3) is 5.35. The van der Waals surface area contributed by atoms with Crippen molar-refractivity contribution in [2.45, 2.75) is 13.3 Å². The van der Waals surface area contributed by atoms with Gasteiger partial charge in [-0.05, 0) is 49.0 Å². The highest BCUT2D eigenvalue weighted by molar-refractivity contribution is 7.80. The van der Waals surface area contributed by atoms with Crippen LogP contribution in [0.1, 0.15) is 11.1 Å². The second-order valence-corrected chi connectivity index (χ2v) is 5.64. The molecule has 0 radical (unpaired) electrons. The van der Waals surface area contributed by atoms with Gasteiger partial charge in [-0.3, -0.25) is 15.6 Å². The van der Waals surface area contributed by atoms with Crippen molar-refractivity contribution in [3.8, 4) is 0 Å². The number of hydrogen-bond donors (Lipinski definition) is 3. The second kappa shape index (κ2) is 7.77. The maximum Gasteiger partial charge on any atom is 0.242 e. The van der Waals surface area contributed by atoms with Crippen molar-refractivity contribution in [1.29, 1.82) is 0 Å². The first kappa shape index (κ1) is 16.3. The van der Waals surface area contributed by atoms with Crippen LogP contribution in [0.25, 0.3) is 0 Å². The molecule has 2 aromatic rings. The van der Waals surface area contributed by atoms with Gasteiger partial charge in [-0.25, -0.2) is 0 Å². The minimum atomic E-state index is -0.163. The number of amides is 1. The third-order valence-electron chi connectivity index (χ3n) is 2.90. The Morgan fingerprint density at radius 3 is 2.32 bits per heavy atom. The predicted octanol–water partition coefficient (Wildman–Crippen LogP) is 3.21. The number of carbonyl (C=O) groups excluding carboxylic acids is 1. The van der Waals surface area contributed by atoms with Crippen LogP contribution in [0.5, 0.6) is 0 Å². The van der Waals surface area contributed by atoms with E-state index in [9.17, 15) is 4.79 Å². The molecule has 0 saturated carbocycles. The molecule has 0 fully saturated rings. The molecule has 22 heavy (non-hydrogen) atoms. The van der Waals surface area contributed by atoms with E-state index in [2.05, 4.69) is 16.2 Å². The number of anilines is 1. The highest BCUT2D eigenvalue weighted by Gasteiger charge is 2.04. The summed E-state index contributed by atoms with van der Waals surface area (Å²) in [6.45, 7) is 2.01. The molecule has 0 spiro atoms. The number of rotatable bonds is 3. The summed E-state index contributed by atoms with van der Waals surface area (Å²) in [5.41, 5.74) is 8.12. The van der Waals surface area contributed by atoms with E-state index in [1.165, 1.54) is 0 Å². The van der Waals surface area contributed by atoms with Crippen molar-refractivity contribution in [3.63, 3.8) is 0 Å². The maximum atomic E-state index is 11.8. The summed E-state index contributed by atoms with van der Waals surface area (Å²) < 4.78 is 0. The van der Waals surface area contributed by atoms with Gasteiger partial charge in [0.2, 0.25) is 5.91 Å². The molecule has 0 unspecified atom stereocenters. The van der Waals surface area contributed by atoms with Crippen molar-refractivity contribution >= 4 is 40.5 Å². The fourth-order valence-electron chi connectivity index (χ4n) is 1.76. The van der Waals surface area contributed by atoms with Gasteiger partial charge in [0.1, 0.15) is 0 Å². The van der Waals surface area contributed by atoms with Gasteiger partial charge in [0.15, 0.2) is 5.11 Å². The molecule has 3 N–H and O–H groups in total. The number of carbonyl (C=O) groups is 1. The molecule has 1 amide bonds. The lowest BCUT2D eigenvalue weighted by Crippen LogP contribution is -2.44. The minimum Gasteiger partial charge on any atom is -0.331 e. The quantitative estimate of drug-likeness (QED) is 0.596. The lowest BCUT2D eigenvalue weighted by atomic mass is 10.1. The molecule has 114 valence electrons. The van der Waals surface area contributed by atoms with E-state index in [-0.39, 0.29) is 12.3 Å². The normalized spacial score (nSPS) is 9.91. The van der Waals surface area contributed by atoms with Crippen LogP contribution in [-0.2, 0) is 11.2 Å². The summed E-state index contributed by atoms with van der Waals surface area (Å²) in [4.78, 5) is 11.8. The Bertz CT molecular complexity index is 597. The van der Waals surface area contributed by atoms with E-state index in [4.69, 9.17) is 23.8 Å². The van der Waals surface area contributed by atoms with Gasteiger partial charge in [-0.15, -0.1) is 0 Å². The summed E-state index contributed by atoms with van der Waals surface area (Å²) in [5, 5.41) is 3.90. The van der Waals surface area contributed by atoms with Crippen LogP contribution in [0.4, 0.5) is 5.69 Å². The number of nitrogens with one attached hydrogen (secondary N) is 3. The first-order chi connectivity index (χ1) is 10.5. The Morgan fingerprint density at radius 1 is 1.05 bits per heavy atom. The zero-order chi connectivity index (χ0) is 15.9. The van der Waals surface area contributed by atoms with Crippen LogP contribution in [0.15, 0.2) is 48.5 Å². The van der Waals surface area contributed by atoms with Crippen LogP contribution in [0.2, 0.25) is 5.02 Å². The topological polar surface area (TPSA) is 53.2 Å².